The van der Waals surface area contributed by atoms with Crippen molar-refractivity contribution in [2.24, 2.45) is 9.98 Å². The number of para-hydroxylation sites is 2. The maximum absolute atomic E-state index is 12.5. The van der Waals surface area contributed by atoms with Crippen LogP contribution in [-0.2, 0) is 27.9 Å². The van der Waals surface area contributed by atoms with Crippen LogP contribution in [0.3, 0.4) is 0 Å². The van der Waals surface area contributed by atoms with E-state index in [4.69, 9.17) is 5.41 Å². The van der Waals surface area contributed by atoms with Gasteiger partial charge >= 0.3 is 17.1 Å². The molecule has 0 atom stereocenters. The predicted molar refractivity (Wildman–Crippen MR) is 164 cm³/mol. The third-order valence-electron chi connectivity index (χ3n) is 5.41. The second kappa shape index (κ2) is 16.2. The van der Waals surface area contributed by atoms with E-state index < -0.39 is 10.8 Å². The molecule has 0 unspecified atom stereocenters. The molecular weight excluding hydrogens is 581 g/mol. The fourth-order valence-corrected chi connectivity index (χ4v) is 3.77. The second-order valence-electron chi connectivity index (χ2n) is 8.24. The van der Waals surface area contributed by atoms with Crippen LogP contribution in [0.4, 0.5) is 11.4 Å². The fraction of sp³-hybridized carbons (Fsp3) is 0.0645. The SMILES string of the molecule is CS(C)=O.[Mn+3].[N-]=C=S.[O-]c1ccc2ccccc2c1C=Nc1ccccc1N=Cc1c([O-])ccc2ccccc12. The normalized spacial score (nSPS) is 10.5. The number of nitrogens with zero attached hydrogens (tertiary/aromatic N) is 3. The summed E-state index contributed by atoms with van der Waals surface area (Å²) >= 11 is 3.70. The zero-order valence-electron chi connectivity index (χ0n) is 21.7. The van der Waals surface area contributed by atoms with E-state index in [0.29, 0.717) is 22.5 Å². The van der Waals surface area contributed by atoms with Gasteiger partial charge in [-0.2, -0.15) is 5.16 Å². The number of fused-ring (bicyclic) bond motifs is 2. The molecule has 6 nitrogen and oxygen atoms in total. The molecule has 0 aliphatic heterocycles. The Labute approximate surface area is 251 Å². The summed E-state index contributed by atoms with van der Waals surface area (Å²) in [6, 6.07) is 29.6. The molecule has 0 bridgehead atoms. The van der Waals surface area contributed by atoms with Gasteiger partial charge < -0.3 is 15.6 Å². The largest absolute Gasteiger partial charge is 3.00 e. The summed E-state index contributed by atoms with van der Waals surface area (Å²) in [5, 5.41) is 37.1. The van der Waals surface area contributed by atoms with Gasteiger partial charge in [-0.15, -0.1) is 0 Å². The van der Waals surface area contributed by atoms with Crippen LogP contribution in [0.15, 0.2) is 107 Å². The first kappa shape index (κ1) is 32.2. The van der Waals surface area contributed by atoms with E-state index in [-0.39, 0.29) is 28.6 Å². The molecule has 9 heteroatoms. The van der Waals surface area contributed by atoms with E-state index >= 15 is 0 Å². The Morgan fingerprint density at radius 2 is 1.02 bits per heavy atom. The zero-order valence-corrected chi connectivity index (χ0v) is 24.5. The Hall–Kier alpha value is -3.97. The first-order valence-electron chi connectivity index (χ1n) is 11.7. The number of rotatable bonds is 4. The Morgan fingerprint density at radius 1 is 0.700 bits per heavy atom. The van der Waals surface area contributed by atoms with Gasteiger partial charge in [0, 0.05) is 35.7 Å². The number of hydrogen-bond acceptors (Lipinski definition) is 6. The van der Waals surface area contributed by atoms with Crippen molar-refractivity contribution in [2.75, 3.05) is 12.5 Å². The van der Waals surface area contributed by atoms with Gasteiger partial charge in [0.25, 0.3) is 0 Å². The Kier molecular flexibility index (Phi) is 13.1. The van der Waals surface area contributed by atoms with Gasteiger partial charge in [0.15, 0.2) is 0 Å². The van der Waals surface area contributed by atoms with Crippen molar-refractivity contribution in [3.05, 3.63) is 114 Å². The standard InChI is InChI=1S/C28H20N2O2.C2H6OS.CNS.Mn/c31-27-15-13-19-7-1-3-9-21(19)23(27)17-29-25-11-5-6-12-26(25)30-18-24-22-10-4-2-8-20(22)14-16-28(24)32;1-4(2)3;2-1-3;/h1-18,31-32H;1-2H3;;/q;;-1;+3/p-2. The van der Waals surface area contributed by atoms with Crippen molar-refractivity contribution in [2.45, 2.75) is 0 Å². The number of benzene rings is 5. The molecule has 0 N–H and O–H groups in total. The van der Waals surface area contributed by atoms with Crippen LogP contribution in [0.25, 0.3) is 27.0 Å². The van der Waals surface area contributed by atoms with Gasteiger partial charge in [-0.1, -0.05) is 109 Å². The van der Waals surface area contributed by atoms with Gasteiger partial charge in [-0.3, -0.25) is 14.2 Å². The van der Waals surface area contributed by atoms with Crippen molar-refractivity contribution in [3.63, 3.8) is 0 Å². The van der Waals surface area contributed by atoms with Crippen molar-refractivity contribution in [1.29, 1.82) is 0 Å². The minimum atomic E-state index is -0.611. The molecule has 0 radical (unpaired) electrons. The molecule has 5 aromatic rings. The molecule has 0 aromatic heterocycles. The summed E-state index contributed by atoms with van der Waals surface area (Å²) in [5.41, 5.74) is 2.31. The van der Waals surface area contributed by atoms with Gasteiger partial charge in [0.2, 0.25) is 0 Å². The van der Waals surface area contributed by atoms with Crippen molar-refractivity contribution in [3.8, 4) is 11.5 Å². The molecule has 0 saturated heterocycles. The maximum Gasteiger partial charge on any atom is 3.00 e. The van der Waals surface area contributed by atoms with Gasteiger partial charge in [-0.05, 0) is 44.8 Å². The number of thiocarbonyl (C=S) groups is 1. The Morgan fingerprint density at radius 3 is 1.40 bits per heavy atom. The van der Waals surface area contributed by atoms with E-state index in [2.05, 4.69) is 22.2 Å². The summed E-state index contributed by atoms with van der Waals surface area (Å²) < 4.78 is 9.56. The van der Waals surface area contributed by atoms with Crippen LogP contribution in [0, 0.1) is 0 Å². The Balaban J connectivity index is 0.000000634. The second-order valence-corrected chi connectivity index (χ2v) is 9.90. The zero-order chi connectivity index (χ0) is 28.2. The number of isothiocyanates is 1. The first-order valence-corrected chi connectivity index (χ1v) is 14.0. The minimum absolute atomic E-state index is 0. The summed E-state index contributed by atoms with van der Waals surface area (Å²) in [5.74, 6) is -0.166. The molecule has 5 rings (SSSR count). The quantitative estimate of drug-likeness (QED) is 0.136. The molecule has 0 heterocycles. The summed E-state index contributed by atoms with van der Waals surface area (Å²) in [6.45, 7) is 0. The van der Waals surface area contributed by atoms with Crippen LogP contribution in [0.1, 0.15) is 11.1 Å². The minimum Gasteiger partial charge on any atom is -0.872 e. The molecule has 0 aliphatic rings. The molecule has 0 spiro atoms. The molecule has 0 aliphatic carbocycles. The summed E-state index contributed by atoms with van der Waals surface area (Å²) in [7, 11) is -0.611. The van der Waals surface area contributed by atoms with Gasteiger partial charge in [-0.25, -0.2) is 0 Å². The van der Waals surface area contributed by atoms with Crippen molar-refractivity contribution >= 4 is 73.5 Å². The van der Waals surface area contributed by atoms with E-state index in [1.165, 1.54) is 5.16 Å². The van der Waals surface area contributed by atoms with Gasteiger partial charge in [0.1, 0.15) is 0 Å². The van der Waals surface area contributed by atoms with E-state index in [0.717, 1.165) is 21.5 Å². The van der Waals surface area contributed by atoms with E-state index in [1.54, 1.807) is 37.1 Å². The monoisotopic (exact) mass is 605 g/mol. The van der Waals surface area contributed by atoms with Crippen molar-refractivity contribution in [1.82, 2.24) is 0 Å². The van der Waals surface area contributed by atoms with E-state index in [9.17, 15) is 14.4 Å². The van der Waals surface area contributed by atoms with Crippen LogP contribution in [-0.4, -0.2) is 34.3 Å². The van der Waals surface area contributed by atoms with Gasteiger partial charge in [0.05, 0.1) is 11.4 Å². The number of aliphatic imine (C=N–C) groups is 2. The predicted octanol–water partition coefficient (Wildman–Crippen LogP) is 6.29. The average Bonchev–Trinajstić information content (AvgIpc) is 2.93. The molecular formula is C31H24MnN3O3S2. The first-order chi connectivity index (χ1) is 18.8. The molecule has 200 valence electrons. The topological polar surface area (TPSA) is 110 Å². The molecule has 40 heavy (non-hydrogen) atoms. The maximum atomic E-state index is 12.5. The molecule has 0 fully saturated rings. The van der Waals surface area contributed by atoms with Crippen LogP contribution < -0.4 is 10.2 Å². The summed E-state index contributed by atoms with van der Waals surface area (Å²) in [4.78, 5) is 9.14. The van der Waals surface area contributed by atoms with Crippen LogP contribution in [0.2, 0.25) is 0 Å². The van der Waals surface area contributed by atoms with E-state index in [1.807, 2.05) is 84.9 Å². The van der Waals surface area contributed by atoms with Crippen LogP contribution in [0.5, 0.6) is 11.5 Å². The smallest absolute Gasteiger partial charge is 0.872 e. The fourth-order valence-electron chi connectivity index (χ4n) is 3.77. The molecule has 0 amide bonds. The Bertz CT molecular complexity index is 1600. The average molecular weight is 606 g/mol. The summed E-state index contributed by atoms with van der Waals surface area (Å²) in [6.07, 6.45) is 6.46. The third kappa shape index (κ3) is 8.78. The number of hydrogen-bond donors (Lipinski definition) is 0. The third-order valence-corrected chi connectivity index (χ3v) is 5.41. The molecule has 5 aromatic carbocycles. The van der Waals surface area contributed by atoms with Crippen LogP contribution >= 0.6 is 12.2 Å². The van der Waals surface area contributed by atoms with Crippen molar-refractivity contribution < 1.29 is 31.5 Å². The molecule has 0 saturated carbocycles.